The van der Waals surface area contributed by atoms with Crippen LogP contribution in [0.4, 0.5) is 4.39 Å². The van der Waals surface area contributed by atoms with Crippen LogP contribution in [0.1, 0.15) is 30.6 Å². The SMILES string of the molecule is CC1CC(C)CN(S(=O)(=O)c2ccc(F)c(C(=O)O)c2)C1. The van der Waals surface area contributed by atoms with Crippen LogP contribution in [0.5, 0.6) is 0 Å². The summed E-state index contributed by atoms with van der Waals surface area (Å²) >= 11 is 0. The molecule has 0 aromatic heterocycles. The Hall–Kier alpha value is -1.47. The number of halogens is 1. The van der Waals surface area contributed by atoms with E-state index in [1.54, 1.807) is 0 Å². The maximum absolute atomic E-state index is 13.4. The molecule has 1 saturated heterocycles. The van der Waals surface area contributed by atoms with Crippen molar-refractivity contribution in [2.24, 2.45) is 11.8 Å². The predicted octanol–water partition coefficient (Wildman–Crippen LogP) is 2.19. The van der Waals surface area contributed by atoms with Gasteiger partial charge in [-0.2, -0.15) is 4.31 Å². The Morgan fingerprint density at radius 3 is 2.38 bits per heavy atom. The molecule has 116 valence electrons. The Labute approximate surface area is 123 Å². The number of piperidine rings is 1. The minimum atomic E-state index is -3.80. The molecule has 1 aliphatic rings. The molecule has 2 rings (SSSR count). The van der Waals surface area contributed by atoms with E-state index in [4.69, 9.17) is 5.11 Å². The van der Waals surface area contributed by atoms with Gasteiger partial charge in [0.2, 0.25) is 10.0 Å². The Morgan fingerprint density at radius 1 is 1.29 bits per heavy atom. The van der Waals surface area contributed by atoms with Crippen LogP contribution in [0, 0.1) is 17.7 Å². The minimum Gasteiger partial charge on any atom is -0.478 e. The lowest BCUT2D eigenvalue weighted by Crippen LogP contribution is -2.42. The number of rotatable bonds is 3. The van der Waals surface area contributed by atoms with Crippen molar-refractivity contribution >= 4 is 16.0 Å². The summed E-state index contributed by atoms with van der Waals surface area (Å²) in [5.74, 6) is -1.95. The van der Waals surface area contributed by atoms with Crippen LogP contribution in [0.15, 0.2) is 23.1 Å². The third kappa shape index (κ3) is 3.24. The van der Waals surface area contributed by atoms with Gasteiger partial charge in [-0.3, -0.25) is 0 Å². The number of hydrogen-bond donors (Lipinski definition) is 1. The molecule has 0 spiro atoms. The molecule has 1 N–H and O–H groups in total. The van der Waals surface area contributed by atoms with Crippen molar-refractivity contribution in [1.82, 2.24) is 4.31 Å². The molecule has 0 amide bonds. The highest BCUT2D eigenvalue weighted by molar-refractivity contribution is 7.89. The second kappa shape index (κ2) is 5.73. The van der Waals surface area contributed by atoms with Crippen molar-refractivity contribution in [2.45, 2.75) is 25.2 Å². The van der Waals surface area contributed by atoms with E-state index in [2.05, 4.69) is 0 Å². The maximum Gasteiger partial charge on any atom is 0.338 e. The van der Waals surface area contributed by atoms with Crippen LogP contribution in [-0.2, 0) is 10.0 Å². The lowest BCUT2D eigenvalue weighted by atomic mass is 9.94. The molecular formula is C14H18FNO4S. The van der Waals surface area contributed by atoms with Crippen LogP contribution in [0.2, 0.25) is 0 Å². The predicted molar refractivity (Wildman–Crippen MR) is 75.1 cm³/mol. The summed E-state index contributed by atoms with van der Waals surface area (Å²) in [5.41, 5.74) is -0.630. The van der Waals surface area contributed by atoms with E-state index in [0.717, 1.165) is 24.6 Å². The zero-order valence-corrected chi connectivity index (χ0v) is 12.7. The van der Waals surface area contributed by atoms with Crippen molar-refractivity contribution in [2.75, 3.05) is 13.1 Å². The summed E-state index contributed by atoms with van der Waals surface area (Å²) in [4.78, 5) is 10.8. The summed E-state index contributed by atoms with van der Waals surface area (Å²) in [6.07, 6.45) is 0.954. The number of carboxylic acids is 1. The fourth-order valence-electron chi connectivity index (χ4n) is 2.78. The van der Waals surface area contributed by atoms with Gasteiger partial charge in [-0.05, 0) is 36.5 Å². The fraction of sp³-hybridized carbons (Fsp3) is 0.500. The molecule has 0 aliphatic carbocycles. The van der Waals surface area contributed by atoms with Gasteiger partial charge in [-0.1, -0.05) is 13.8 Å². The van der Waals surface area contributed by atoms with Crippen molar-refractivity contribution in [3.05, 3.63) is 29.6 Å². The van der Waals surface area contributed by atoms with Crippen LogP contribution < -0.4 is 0 Å². The van der Waals surface area contributed by atoms with Gasteiger partial charge < -0.3 is 5.11 Å². The van der Waals surface area contributed by atoms with E-state index in [0.29, 0.717) is 13.1 Å². The first-order valence-electron chi connectivity index (χ1n) is 6.74. The number of carboxylic acid groups (broad SMARTS) is 1. The van der Waals surface area contributed by atoms with Crippen molar-refractivity contribution in [1.29, 1.82) is 0 Å². The smallest absolute Gasteiger partial charge is 0.338 e. The molecule has 5 nitrogen and oxygen atoms in total. The van der Waals surface area contributed by atoms with E-state index < -0.39 is 27.4 Å². The van der Waals surface area contributed by atoms with Gasteiger partial charge in [0.05, 0.1) is 10.5 Å². The summed E-state index contributed by atoms with van der Waals surface area (Å²) in [6, 6.07) is 2.88. The normalized spacial score (nSPS) is 24.0. The Balaban J connectivity index is 2.40. The zero-order chi connectivity index (χ0) is 15.8. The lowest BCUT2D eigenvalue weighted by Gasteiger charge is -2.34. The highest BCUT2D eigenvalue weighted by Crippen LogP contribution is 2.27. The fourth-order valence-corrected chi connectivity index (χ4v) is 4.49. The van der Waals surface area contributed by atoms with Crippen LogP contribution in [0.3, 0.4) is 0 Å². The Bertz CT molecular complexity index is 649. The topological polar surface area (TPSA) is 74.7 Å². The molecule has 7 heteroatoms. The number of nitrogens with zero attached hydrogens (tertiary/aromatic N) is 1. The Morgan fingerprint density at radius 2 is 1.86 bits per heavy atom. The second-order valence-corrected chi connectivity index (χ2v) is 7.65. The molecule has 1 aromatic carbocycles. The number of benzene rings is 1. The maximum atomic E-state index is 13.4. The molecule has 1 aromatic rings. The third-order valence-corrected chi connectivity index (χ3v) is 5.47. The van der Waals surface area contributed by atoms with Crippen LogP contribution in [0.25, 0.3) is 0 Å². The van der Waals surface area contributed by atoms with E-state index in [9.17, 15) is 17.6 Å². The van der Waals surface area contributed by atoms with Crippen molar-refractivity contribution < 1.29 is 22.7 Å². The summed E-state index contributed by atoms with van der Waals surface area (Å²) < 4.78 is 39.9. The van der Waals surface area contributed by atoms with Gasteiger partial charge >= 0.3 is 5.97 Å². The molecule has 0 bridgehead atoms. The molecule has 1 fully saturated rings. The van der Waals surface area contributed by atoms with Gasteiger partial charge in [0.15, 0.2) is 0 Å². The van der Waals surface area contributed by atoms with Gasteiger partial charge in [-0.15, -0.1) is 0 Å². The molecule has 2 atom stereocenters. The van der Waals surface area contributed by atoms with Gasteiger partial charge in [0.1, 0.15) is 5.82 Å². The molecule has 1 heterocycles. The number of hydrogen-bond acceptors (Lipinski definition) is 3. The first kappa shape index (κ1) is 15.9. The average Bonchev–Trinajstić information content (AvgIpc) is 2.37. The summed E-state index contributed by atoms with van der Waals surface area (Å²) in [5, 5.41) is 8.90. The largest absolute Gasteiger partial charge is 0.478 e. The number of aromatic carboxylic acids is 1. The number of carbonyl (C=O) groups is 1. The first-order valence-corrected chi connectivity index (χ1v) is 8.18. The highest BCUT2D eigenvalue weighted by atomic mass is 32.2. The zero-order valence-electron chi connectivity index (χ0n) is 11.9. The quantitative estimate of drug-likeness (QED) is 0.928. The molecule has 0 radical (unpaired) electrons. The van der Waals surface area contributed by atoms with Gasteiger partial charge in [0.25, 0.3) is 0 Å². The standard InChI is InChI=1S/C14H18FNO4S/c1-9-5-10(2)8-16(7-9)21(19,20)11-3-4-13(15)12(6-11)14(17)18/h3-4,6,9-10H,5,7-8H2,1-2H3,(H,17,18). The van der Waals surface area contributed by atoms with Gasteiger partial charge in [-0.25, -0.2) is 17.6 Å². The summed E-state index contributed by atoms with van der Waals surface area (Å²) in [7, 11) is -3.80. The average molecular weight is 315 g/mol. The number of sulfonamides is 1. The lowest BCUT2D eigenvalue weighted by molar-refractivity contribution is 0.0691. The van der Waals surface area contributed by atoms with E-state index >= 15 is 0 Å². The van der Waals surface area contributed by atoms with E-state index in [1.165, 1.54) is 4.31 Å². The molecular weight excluding hydrogens is 297 g/mol. The third-order valence-electron chi connectivity index (χ3n) is 3.64. The van der Waals surface area contributed by atoms with Gasteiger partial charge in [0, 0.05) is 13.1 Å². The molecule has 1 aliphatic heterocycles. The van der Waals surface area contributed by atoms with Crippen molar-refractivity contribution in [3.63, 3.8) is 0 Å². The summed E-state index contributed by atoms with van der Waals surface area (Å²) in [6.45, 7) is 4.75. The van der Waals surface area contributed by atoms with Crippen LogP contribution in [-0.4, -0.2) is 36.9 Å². The monoisotopic (exact) mass is 315 g/mol. The minimum absolute atomic E-state index is 0.178. The van der Waals surface area contributed by atoms with E-state index in [-0.39, 0.29) is 16.7 Å². The van der Waals surface area contributed by atoms with E-state index in [1.807, 2.05) is 13.8 Å². The molecule has 21 heavy (non-hydrogen) atoms. The van der Waals surface area contributed by atoms with Crippen molar-refractivity contribution in [3.8, 4) is 0 Å². The molecule has 0 saturated carbocycles. The first-order chi connectivity index (χ1) is 9.71. The van der Waals surface area contributed by atoms with Crippen LogP contribution >= 0.6 is 0 Å². The second-order valence-electron chi connectivity index (χ2n) is 5.71. The molecule has 2 unspecified atom stereocenters. The highest BCUT2D eigenvalue weighted by Gasteiger charge is 2.32. The Kier molecular flexibility index (Phi) is 4.34.